The average molecular weight is 381 g/mol. The van der Waals surface area contributed by atoms with Crippen LogP contribution in [0.5, 0.6) is 0 Å². The molecule has 2 heterocycles. The Morgan fingerprint density at radius 3 is 2.87 bits per heavy atom. The summed E-state index contributed by atoms with van der Waals surface area (Å²) in [6.45, 7) is 10.1. The standard InChI is InChI=1S/C19H25BrO3/c1-5-12(3)15-16(22-4)17(20)18(11-21)10-14-9-7-8-13(6-2)19(14,15)23-18/h5-7,9,12-14,17,21H,1-2,8,10-11H2,3-4H3/t12-,13+,14+,17-,18+,19+/m0/s1. The van der Waals surface area contributed by atoms with Crippen molar-refractivity contribution in [2.75, 3.05) is 13.7 Å². The lowest BCUT2D eigenvalue weighted by Crippen LogP contribution is -2.56. The van der Waals surface area contributed by atoms with Crippen molar-refractivity contribution in [2.45, 2.75) is 35.8 Å². The molecule has 3 aliphatic rings. The van der Waals surface area contributed by atoms with Crippen LogP contribution in [0.3, 0.4) is 0 Å². The van der Waals surface area contributed by atoms with Gasteiger partial charge in [0.2, 0.25) is 0 Å². The number of aliphatic hydroxyl groups excluding tert-OH is 1. The van der Waals surface area contributed by atoms with E-state index in [1.165, 1.54) is 0 Å². The molecule has 1 saturated heterocycles. The molecule has 1 N–H and O–H groups in total. The highest BCUT2D eigenvalue weighted by atomic mass is 79.9. The molecule has 0 aromatic rings. The Labute approximate surface area is 146 Å². The number of hydrogen-bond donors (Lipinski definition) is 1. The van der Waals surface area contributed by atoms with Crippen molar-refractivity contribution in [3.8, 4) is 0 Å². The molecule has 1 spiro atoms. The van der Waals surface area contributed by atoms with E-state index >= 15 is 0 Å². The highest BCUT2D eigenvalue weighted by Gasteiger charge is 2.67. The number of allylic oxidation sites excluding steroid dienone is 2. The van der Waals surface area contributed by atoms with E-state index in [0.717, 1.165) is 24.2 Å². The predicted octanol–water partition coefficient (Wildman–Crippen LogP) is 3.75. The Hall–Kier alpha value is -0.840. The summed E-state index contributed by atoms with van der Waals surface area (Å²) in [5, 5.41) is 10.1. The minimum atomic E-state index is -0.656. The molecule has 3 rings (SSSR count). The highest BCUT2D eigenvalue weighted by molar-refractivity contribution is 9.09. The molecule has 0 amide bonds. The quantitative estimate of drug-likeness (QED) is 0.582. The number of aliphatic hydroxyl groups is 1. The van der Waals surface area contributed by atoms with Gasteiger partial charge in [0.05, 0.1) is 13.7 Å². The number of ether oxygens (including phenoxy) is 2. The van der Waals surface area contributed by atoms with Crippen molar-refractivity contribution < 1.29 is 14.6 Å². The van der Waals surface area contributed by atoms with Gasteiger partial charge < -0.3 is 14.6 Å². The van der Waals surface area contributed by atoms with Gasteiger partial charge in [0.1, 0.15) is 21.8 Å². The summed E-state index contributed by atoms with van der Waals surface area (Å²) in [6, 6.07) is 0. The third kappa shape index (κ3) is 2.08. The van der Waals surface area contributed by atoms with Gasteiger partial charge in [-0.15, -0.1) is 13.2 Å². The zero-order valence-electron chi connectivity index (χ0n) is 13.8. The van der Waals surface area contributed by atoms with Gasteiger partial charge in [-0.05, 0) is 12.8 Å². The summed E-state index contributed by atoms with van der Waals surface area (Å²) in [4.78, 5) is -0.169. The van der Waals surface area contributed by atoms with Gasteiger partial charge in [0.25, 0.3) is 0 Å². The monoisotopic (exact) mass is 380 g/mol. The van der Waals surface area contributed by atoms with Crippen LogP contribution in [0.4, 0.5) is 0 Å². The molecular weight excluding hydrogens is 356 g/mol. The van der Waals surface area contributed by atoms with Crippen molar-refractivity contribution >= 4 is 15.9 Å². The maximum Gasteiger partial charge on any atom is 0.115 e. The van der Waals surface area contributed by atoms with Gasteiger partial charge in [0, 0.05) is 23.3 Å². The van der Waals surface area contributed by atoms with Crippen LogP contribution in [0.1, 0.15) is 19.8 Å². The molecule has 0 unspecified atom stereocenters. The fourth-order valence-electron chi connectivity index (χ4n) is 4.64. The topological polar surface area (TPSA) is 38.7 Å². The van der Waals surface area contributed by atoms with E-state index in [2.05, 4.69) is 48.2 Å². The van der Waals surface area contributed by atoms with Crippen LogP contribution in [0.25, 0.3) is 0 Å². The third-order valence-electron chi connectivity index (χ3n) is 5.76. The lowest BCUT2D eigenvalue weighted by molar-refractivity contribution is -0.145. The van der Waals surface area contributed by atoms with E-state index < -0.39 is 11.2 Å². The second-order valence-electron chi connectivity index (χ2n) is 6.80. The van der Waals surface area contributed by atoms with Crippen LogP contribution >= 0.6 is 15.9 Å². The first-order valence-electron chi connectivity index (χ1n) is 8.16. The molecule has 23 heavy (non-hydrogen) atoms. The number of alkyl halides is 1. The van der Waals surface area contributed by atoms with E-state index in [9.17, 15) is 5.11 Å². The first-order valence-corrected chi connectivity index (χ1v) is 9.07. The Balaban J connectivity index is 2.30. The van der Waals surface area contributed by atoms with Crippen LogP contribution in [-0.4, -0.2) is 34.9 Å². The summed E-state index contributed by atoms with van der Waals surface area (Å²) in [6.07, 6.45) is 10.0. The second-order valence-corrected chi connectivity index (χ2v) is 7.72. The molecule has 0 aromatic carbocycles. The summed E-state index contributed by atoms with van der Waals surface area (Å²) < 4.78 is 12.5. The number of methoxy groups -OCH3 is 1. The van der Waals surface area contributed by atoms with Gasteiger partial charge in [-0.3, -0.25) is 0 Å². The van der Waals surface area contributed by atoms with Crippen LogP contribution in [0.15, 0.2) is 48.8 Å². The van der Waals surface area contributed by atoms with Crippen molar-refractivity contribution in [1.29, 1.82) is 0 Å². The number of rotatable bonds is 5. The normalized spacial score (nSPS) is 43.0. The summed E-state index contributed by atoms with van der Waals surface area (Å²) in [5.74, 6) is 1.36. The van der Waals surface area contributed by atoms with Crippen LogP contribution in [-0.2, 0) is 9.47 Å². The van der Waals surface area contributed by atoms with E-state index in [1.54, 1.807) is 7.11 Å². The number of fused-ring (bicyclic) bond motifs is 1. The van der Waals surface area contributed by atoms with Crippen LogP contribution in [0.2, 0.25) is 0 Å². The Morgan fingerprint density at radius 1 is 1.57 bits per heavy atom. The summed E-state index contributed by atoms with van der Waals surface area (Å²) in [7, 11) is 1.70. The first-order chi connectivity index (χ1) is 11.0. The fraction of sp³-hybridized carbons (Fsp3) is 0.579. The lowest BCUT2D eigenvalue weighted by atomic mass is 9.65. The largest absolute Gasteiger partial charge is 0.500 e. The van der Waals surface area contributed by atoms with Gasteiger partial charge in [-0.2, -0.15) is 0 Å². The van der Waals surface area contributed by atoms with Crippen molar-refractivity contribution in [3.05, 3.63) is 48.8 Å². The molecule has 6 atom stereocenters. The van der Waals surface area contributed by atoms with Crippen molar-refractivity contribution in [2.24, 2.45) is 17.8 Å². The van der Waals surface area contributed by atoms with Crippen LogP contribution in [0, 0.1) is 17.8 Å². The fourth-order valence-corrected chi connectivity index (χ4v) is 5.50. The van der Waals surface area contributed by atoms with E-state index in [4.69, 9.17) is 9.47 Å². The smallest absolute Gasteiger partial charge is 0.115 e. The maximum absolute atomic E-state index is 10.1. The molecule has 0 saturated carbocycles. The SMILES string of the molecule is C=C[C@@H]1CC=C[C@@H]2C[C@]3(CO)O[C@]12C([C@@H](C)C=C)=C(OC)[C@@H]3Br. The predicted molar refractivity (Wildman–Crippen MR) is 95.3 cm³/mol. The third-order valence-corrected chi connectivity index (χ3v) is 7.01. The molecule has 4 heteroatoms. The lowest BCUT2D eigenvalue weighted by Gasteiger charge is -2.50. The molecule has 0 radical (unpaired) electrons. The van der Waals surface area contributed by atoms with Crippen molar-refractivity contribution in [1.82, 2.24) is 0 Å². The van der Waals surface area contributed by atoms with Gasteiger partial charge >= 0.3 is 0 Å². The molecule has 126 valence electrons. The van der Waals surface area contributed by atoms with Gasteiger partial charge in [-0.1, -0.05) is 47.2 Å². The maximum atomic E-state index is 10.1. The first kappa shape index (κ1) is 17.0. The molecule has 3 nitrogen and oxygen atoms in total. The number of halogens is 1. The molecule has 1 fully saturated rings. The average Bonchev–Trinajstić information content (AvgIpc) is 2.90. The Bertz CT molecular complexity index is 581. The zero-order valence-corrected chi connectivity index (χ0v) is 15.4. The molecule has 2 aliphatic heterocycles. The van der Waals surface area contributed by atoms with E-state index in [1.807, 2.05) is 12.2 Å². The summed E-state index contributed by atoms with van der Waals surface area (Å²) >= 11 is 3.74. The molecule has 0 aromatic heterocycles. The molecule has 1 aliphatic carbocycles. The van der Waals surface area contributed by atoms with Crippen molar-refractivity contribution in [3.63, 3.8) is 0 Å². The number of hydrogen-bond acceptors (Lipinski definition) is 3. The van der Waals surface area contributed by atoms with E-state index in [0.29, 0.717) is 0 Å². The molecular formula is C19H25BrO3. The Morgan fingerprint density at radius 2 is 2.30 bits per heavy atom. The van der Waals surface area contributed by atoms with Crippen LogP contribution < -0.4 is 0 Å². The summed E-state index contributed by atoms with van der Waals surface area (Å²) in [5.41, 5.74) is -0.0172. The molecule has 2 bridgehead atoms. The second kappa shape index (κ2) is 5.91. The van der Waals surface area contributed by atoms with Gasteiger partial charge in [-0.25, -0.2) is 0 Å². The van der Waals surface area contributed by atoms with Gasteiger partial charge in [0.15, 0.2) is 0 Å². The minimum Gasteiger partial charge on any atom is -0.500 e. The van der Waals surface area contributed by atoms with E-state index in [-0.39, 0.29) is 29.2 Å². The highest BCUT2D eigenvalue weighted by Crippen LogP contribution is 2.62. The zero-order chi connectivity index (χ0) is 16.8. The Kier molecular flexibility index (Phi) is 4.36. The minimum absolute atomic E-state index is 0.0402.